The molecular weight excluding hydrogens is 364 g/mol. The summed E-state index contributed by atoms with van der Waals surface area (Å²) in [4.78, 5) is 20.9. The second-order valence-electron chi connectivity index (χ2n) is 5.47. The number of para-hydroxylation sites is 2. The molecule has 7 nitrogen and oxygen atoms in total. The first-order valence-electron chi connectivity index (χ1n) is 8.08. The van der Waals surface area contributed by atoms with Crippen molar-refractivity contribution in [1.29, 1.82) is 10.5 Å². The molecule has 2 heterocycles. The minimum atomic E-state index is -0.822. The van der Waals surface area contributed by atoms with Crippen molar-refractivity contribution < 1.29 is 13.9 Å². The number of hydrogen-bond acceptors (Lipinski definition) is 8. The van der Waals surface area contributed by atoms with Gasteiger partial charge in [0, 0.05) is 6.21 Å². The number of oxazole rings is 1. The summed E-state index contributed by atoms with van der Waals surface area (Å²) in [7, 11) is 0. The van der Waals surface area contributed by atoms with Crippen molar-refractivity contribution >= 4 is 39.6 Å². The van der Waals surface area contributed by atoms with Gasteiger partial charge in [-0.1, -0.05) is 12.1 Å². The third-order valence-electron chi connectivity index (χ3n) is 3.76. The van der Waals surface area contributed by atoms with Gasteiger partial charge in [-0.15, -0.1) is 11.3 Å². The van der Waals surface area contributed by atoms with Gasteiger partial charge in [-0.25, -0.2) is 14.8 Å². The quantitative estimate of drug-likeness (QED) is 0.484. The molecule has 2 aromatic heterocycles. The summed E-state index contributed by atoms with van der Waals surface area (Å²) in [5.41, 5.74) is 2.03. The van der Waals surface area contributed by atoms with Crippen LogP contribution >= 0.6 is 11.3 Å². The highest BCUT2D eigenvalue weighted by Crippen LogP contribution is 2.35. The van der Waals surface area contributed by atoms with Crippen molar-refractivity contribution in [2.75, 3.05) is 6.61 Å². The Labute approximate surface area is 159 Å². The lowest BCUT2D eigenvalue weighted by Crippen LogP contribution is -2.03. The van der Waals surface area contributed by atoms with E-state index in [1.807, 2.05) is 12.1 Å². The van der Waals surface area contributed by atoms with Crippen LogP contribution in [0.15, 0.2) is 33.7 Å². The zero-order valence-corrected chi connectivity index (χ0v) is 15.4. The average Bonchev–Trinajstić information content (AvgIpc) is 3.23. The molecule has 27 heavy (non-hydrogen) atoms. The molecule has 1 aromatic carbocycles. The maximum Gasteiger partial charge on any atom is 0.348 e. The number of hydrogen-bond donors (Lipinski definition) is 0. The summed E-state index contributed by atoms with van der Waals surface area (Å²) in [6.07, 6.45) is 1.37. The molecule has 0 N–H and O–H groups in total. The number of fused-ring (bicyclic) bond motifs is 1. The van der Waals surface area contributed by atoms with Crippen molar-refractivity contribution in [2.24, 2.45) is 4.99 Å². The predicted octanol–water partition coefficient (Wildman–Crippen LogP) is 4.26. The molecule has 0 spiro atoms. The Morgan fingerprint density at radius 2 is 2.22 bits per heavy atom. The zero-order valence-electron chi connectivity index (χ0n) is 14.6. The monoisotopic (exact) mass is 378 g/mol. The maximum absolute atomic E-state index is 12.0. The van der Waals surface area contributed by atoms with E-state index in [0.717, 1.165) is 11.3 Å². The molecular formula is C19H14N4O3S. The molecule has 0 aliphatic carbocycles. The molecule has 0 aliphatic heterocycles. The molecule has 3 aromatic rings. The Balaban J connectivity index is 1.94. The van der Waals surface area contributed by atoms with Gasteiger partial charge in [0.05, 0.1) is 18.2 Å². The summed E-state index contributed by atoms with van der Waals surface area (Å²) in [6.45, 7) is 3.62. The van der Waals surface area contributed by atoms with Crippen LogP contribution in [0.25, 0.3) is 11.1 Å². The van der Waals surface area contributed by atoms with Crippen LogP contribution in [-0.4, -0.2) is 23.8 Å². The van der Waals surface area contributed by atoms with E-state index in [2.05, 4.69) is 22.1 Å². The molecule has 8 heteroatoms. The van der Waals surface area contributed by atoms with E-state index in [1.54, 1.807) is 26.0 Å². The fourth-order valence-electron chi connectivity index (χ4n) is 2.43. The van der Waals surface area contributed by atoms with Crippen LogP contribution in [-0.2, 0) is 4.74 Å². The van der Waals surface area contributed by atoms with Crippen molar-refractivity contribution in [3.8, 4) is 12.1 Å². The summed E-state index contributed by atoms with van der Waals surface area (Å²) >= 11 is 1.06. The smallest absolute Gasteiger partial charge is 0.348 e. The number of nitriles is 2. The minimum absolute atomic E-state index is 0.222. The maximum atomic E-state index is 12.0. The molecule has 0 saturated carbocycles. The van der Waals surface area contributed by atoms with Crippen LogP contribution in [0, 0.1) is 29.6 Å². The number of benzene rings is 1. The molecule has 0 bridgehead atoms. The fraction of sp³-hybridized carbons (Fsp3) is 0.211. The molecule has 0 fully saturated rings. The van der Waals surface area contributed by atoms with Gasteiger partial charge >= 0.3 is 5.97 Å². The Bertz CT molecular complexity index is 1080. The van der Waals surface area contributed by atoms with Crippen molar-refractivity contribution in [3.63, 3.8) is 0 Å². The highest BCUT2D eigenvalue weighted by atomic mass is 32.1. The molecule has 0 radical (unpaired) electrons. The minimum Gasteiger partial charge on any atom is -0.462 e. The second-order valence-corrected chi connectivity index (χ2v) is 6.47. The molecule has 0 aliphatic rings. The van der Waals surface area contributed by atoms with Gasteiger partial charge in [0.25, 0.3) is 0 Å². The number of nitrogens with zero attached hydrogens (tertiary/aromatic N) is 4. The summed E-state index contributed by atoms with van der Waals surface area (Å²) in [5.74, 6) is -1.09. The largest absolute Gasteiger partial charge is 0.462 e. The summed E-state index contributed by atoms with van der Waals surface area (Å²) < 4.78 is 10.6. The molecule has 1 unspecified atom stereocenters. The van der Waals surface area contributed by atoms with Gasteiger partial charge in [0.1, 0.15) is 21.5 Å². The number of thiophene rings is 1. The van der Waals surface area contributed by atoms with Crippen LogP contribution in [0.1, 0.15) is 39.5 Å². The Morgan fingerprint density at radius 3 is 2.89 bits per heavy atom. The third kappa shape index (κ3) is 3.57. The van der Waals surface area contributed by atoms with E-state index in [-0.39, 0.29) is 18.1 Å². The van der Waals surface area contributed by atoms with E-state index in [1.165, 1.54) is 6.21 Å². The number of carbonyl (C=O) groups is 1. The van der Waals surface area contributed by atoms with Crippen LogP contribution < -0.4 is 0 Å². The average molecular weight is 378 g/mol. The van der Waals surface area contributed by atoms with E-state index >= 15 is 0 Å². The van der Waals surface area contributed by atoms with Gasteiger partial charge in [0.15, 0.2) is 11.5 Å². The van der Waals surface area contributed by atoms with Crippen LogP contribution in [0.5, 0.6) is 0 Å². The molecule has 3 rings (SSSR count). The summed E-state index contributed by atoms with van der Waals surface area (Å²) in [5, 5.41) is 19.2. The van der Waals surface area contributed by atoms with Gasteiger partial charge in [0.2, 0.25) is 5.89 Å². The SMILES string of the molecule is CCOC(=O)c1sc(N=CC(C#N)c2nc3ccccc3o2)c(C#N)c1C. The molecule has 0 saturated heterocycles. The molecule has 0 amide bonds. The highest BCUT2D eigenvalue weighted by molar-refractivity contribution is 7.18. The lowest BCUT2D eigenvalue weighted by atomic mass is 10.1. The summed E-state index contributed by atoms with van der Waals surface area (Å²) in [6, 6.07) is 11.3. The first-order chi connectivity index (χ1) is 13.1. The highest BCUT2D eigenvalue weighted by Gasteiger charge is 2.22. The topological polar surface area (TPSA) is 112 Å². The lowest BCUT2D eigenvalue weighted by molar-refractivity contribution is 0.0531. The van der Waals surface area contributed by atoms with E-state index in [0.29, 0.717) is 26.5 Å². The third-order valence-corrected chi connectivity index (χ3v) is 4.94. The van der Waals surface area contributed by atoms with Gasteiger partial charge in [-0.3, -0.25) is 0 Å². The van der Waals surface area contributed by atoms with Crippen LogP contribution in [0.2, 0.25) is 0 Å². The molecule has 1 atom stereocenters. The van der Waals surface area contributed by atoms with Crippen LogP contribution in [0.4, 0.5) is 5.00 Å². The number of carbonyl (C=O) groups excluding carboxylic acids is 1. The van der Waals surface area contributed by atoms with E-state index < -0.39 is 11.9 Å². The Morgan fingerprint density at radius 1 is 1.44 bits per heavy atom. The predicted molar refractivity (Wildman–Crippen MR) is 100 cm³/mol. The second kappa shape index (κ2) is 7.81. The first kappa shape index (κ1) is 18.3. The normalized spacial score (nSPS) is 12.0. The van der Waals surface area contributed by atoms with Crippen molar-refractivity contribution in [2.45, 2.75) is 19.8 Å². The Kier molecular flexibility index (Phi) is 5.30. The number of esters is 1. The zero-order chi connectivity index (χ0) is 19.4. The number of aliphatic imine (C=N–C) groups is 1. The number of ether oxygens (including phenoxy) is 1. The standard InChI is InChI=1S/C19H14N4O3S/c1-3-25-19(24)16-11(2)13(9-21)18(27-16)22-10-12(8-20)17-23-14-6-4-5-7-15(14)26-17/h4-7,10,12H,3H2,1-2H3. The Hall–Kier alpha value is -3.49. The van der Waals surface area contributed by atoms with Gasteiger partial charge in [-0.2, -0.15) is 10.5 Å². The van der Waals surface area contributed by atoms with Crippen LogP contribution in [0.3, 0.4) is 0 Å². The van der Waals surface area contributed by atoms with E-state index in [4.69, 9.17) is 9.15 Å². The number of rotatable bonds is 5. The lowest BCUT2D eigenvalue weighted by Gasteiger charge is -1.98. The van der Waals surface area contributed by atoms with Gasteiger partial charge < -0.3 is 9.15 Å². The van der Waals surface area contributed by atoms with Gasteiger partial charge in [-0.05, 0) is 31.5 Å². The molecule has 134 valence electrons. The van der Waals surface area contributed by atoms with Crippen molar-refractivity contribution in [1.82, 2.24) is 4.98 Å². The van der Waals surface area contributed by atoms with Crippen molar-refractivity contribution in [3.05, 3.63) is 46.2 Å². The fourth-order valence-corrected chi connectivity index (χ4v) is 3.43. The van der Waals surface area contributed by atoms with E-state index in [9.17, 15) is 15.3 Å². The first-order valence-corrected chi connectivity index (χ1v) is 8.90. The number of aromatic nitrogens is 1.